The predicted octanol–water partition coefficient (Wildman–Crippen LogP) is 2.16. The third kappa shape index (κ3) is 1.74. The smallest absolute Gasteiger partial charge is 0.185 e. The zero-order chi connectivity index (χ0) is 10.7. The first-order chi connectivity index (χ1) is 7.35. The van der Waals surface area contributed by atoms with Gasteiger partial charge in [0.1, 0.15) is 11.5 Å². The van der Waals surface area contributed by atoms with Crippen LogP contribution in [-0.4, -0.2) is 18.4 Å². The van der Waals surface area contributed by atoms with Crippen molar-refractivity contribution in [2.75, 3.05) is 7.11 Å². The molecule has 4 nitrogen and oxygen atoms in total. The molecule has 2 aromatic heterocycles. The number of ether oxygens (including phenoxy) is 1. The summed E-state index contributed by atoms with van der Waals surface area (Å²) in [5.74, 6) is 1.52. The Bertz CT molecular complexity index is 476. The number of pyridine rings is 1. The Hall–Kier alpha value is -2.10. The van der Waals surface area contributed by atoms with Crippen LogP contribution in [0.3, 0.4) is 0 Å². The Morgan fingerprint density at radius 3 is 2.93 bits per heavy atom. The number of hydrogen-bond donors (Lipinski definition) is 0. The molecule has 0 aliphatic carbocycles. The normalized spacial score (nSPS) is 9.93. The summed E-state index contributed by atoms with van der Waals surface area (Å²) in [5.41, 5.74) is 0.730. The van der Waals surface area contributed by atoms with E-state index in [1.165, 1.54) is 0 Å². The highest BCUT2D eigenvalue weighted by Crippen LogP contribution is 2.29. The first kappa shape index (κ1) is 9.45. The maximum Gasteiger partial charge on any atom is 0.185 e. The van der Waals surface area contributed by atoms with Gasteiger partial charge in [-0.3, -0.25) is 9.78 Å². The molecular formula is C11H9NO3. The lowest BCUT2D eigenvalue weighted by Crippen LogP contribution is -1.87. The Labute approximate surface area is 86.5 Å². The summed E-state index contributed by atoms with van der Waals surface area (Å²) in [6.07, 6.45) is 3.92. The number of hydrogen-bond acceptors (Lipinski definition) is 4. The number of aromatic nitrogens is 1. The number of carbonyl (C=O) groups is 1. The van der Waals surface area contributed by atoms with Crippen molar-refractivity contribution in [2.45, 2.75) is 0 Å². The molecule has 0 atom stereocenters. The lowest BCUT2D eigenvalue weighted by molar-refractivity contribution is 0.110. The maximum absolute atomic E-state index is 10.5. The van der Waals surface area contributed by atoms with E-state index in [1.54, 1.807) is 37.7 Å². The van der Waals surface area contributed by atoms with E-state index in [2.05, 4.69) is 4.98 Å². The van der Waals surface area contributed by atoms with Crippen LogP contribution in [-0.2, 0) is 0 Å². The summed E-state index contributed by atoms with van der Waals surface area (Å²) >= 11 is 0. The molecule has 0 N–H and O–H groups in total. The molecule has 4 heteroatoms. The zero-order valence-corrected chi connectivity index (χ0v) is 8.14. The third-order valence-corrected chi connectivity index (χ3v) is 2.01. The van der Waals surface area contributed by atoms with Gasteiger partial charge in [-0.1, -0.05) is 0 Å². The quantitative estimate of drug-likeness (QED) is 0.717. The fraction of sp³-hybridized carbons (Fsp3) is 0.0909. The second-order valence-electron chi connectivity index (χ2n) is 2.90. The van der Waals surface area contributed by atoms with Gasteiger partial charge >= 0.3 is 0 Å². The van der Waals surface area contributed by atoms with E-state index in [4.69, 9.17) is 9.15 Å². The average molecular weight is 203 g/mol. The van der Waals surface area contributed by atoms with Gasteiger partial charge in [0.15, 0.2) is 12.0 Å². The highest BCUT2D eigenvalue weighted by atomic mass is 16.5. The van der Waals surface area contributed by atoms with E-state index in [0.717, 1.165) is 5.56 Å². The molecule has 0 aromatic carbocycles. The van der Waals surface area contributed by atoms with E-state index in [1.807, 2.05) is 0 Å². The van der Waals surface area contributed by atoms with E-state index in [0.29, 0.717) is 17.8 Å². The second kappa shape index (κ2) is 3.96. The minimum Gasteiger partial charge on any atom is -0.496 e. The van der Waals surface area contributed by atoms with Crippen LogP contribution >= 0.6 is 0 Å². The molecule has 0 amide bonds. The summed E-state index contributed by atoms with van der Waals surface area (Å²) in [5, 5.41) is 0. The van der Waals surface area contributed by atoms with Crippen molar-refractivity contribution in [2.24, 2.45) is 0 Å². The van der Waals surface area contributed by atoms with Gasteiger partial charge in [-0.2, -0.15) is 0 Å². The summed E-state index contributed by atoms with van der Waals surface area (Å²) in [7, 11) is 1.57. The topological polar surface area (TPSA) is 52.3 Å². The third-order valence-electron chi connectivity index (χ3n) is 2.01. The van der Waals surface area contributed by atoms with Crippen LogP contribution in [0.5, 0.6) is 5.75 Å². The first-order valence-corrected chi connectivity index (χ1v) is 4.38. The number of aldehydes is 1. The van der Waals surface area contributed by atoms with Crippen molar-refractivity contribution >= 4 is 6.29 Å². The van der Waals surface area contributed by atoms with Crippen LogP contribution < -0.4 is 4.74 Å². The molecular weight excluding hydrogens is 194 g/mol. The van der Waals surface area contributed by atoms with Crippen molar-refractivity contribution in [3.8, 4) is 17.1 Å². The van der Waals surface area contributed by atoms with Gasteiger partial charge in [0.2, 0.25) is 0 Å². The maximum atomic E-state index is 10.5. The van der Waals surface area contributed by atoms with Crippen molar-refractivity contribution in [1.82, 2.24) is 4.98 Å². The fourth-order valence-corrected chi connectivity index (χ4v) is 1.31. The van der Waals surface area contributed by atoms with Gasteiger partial charge in [0.05, 0.1) is 12.7 Å². The van der Waals surface area contributed by atoms with E-state index < -0.39 is 0 Å². The number of furan rings is 1. The molecule has 0 bridgehead atoms. The van der Waals surface area contributed by atoms with Gasteiger partial charge in [0, 0.05) is 12.4 Å². The Kier molecular flexibility index (Phi) is 2.49. The van der Waals surface area contributed by atoms with Crippen LogP contribution in [0.15, 0.2) is 35.0 Å². The Morgan fingerprint density at radius 2 is 2.27 bits per heavy atom. The van der Waals surface area contributed by atoms with E-state index in [9.17, 15) is 4.79 Å². The molecule has 0 saturated carbocycles. The van der Waals surface area contributed by atoms with Crippen LogP contribution in [0.25, 0.3) is 11.3 Å². The highest BCUT2D eigenvalue weighted by molar-refractivity contribution is 5.73. The van der Waals surface area contributed by atoms with Gasteiger partial charge in [-0.25, -0.2) is 0 Å². The molecule has 0 fully saturated rings. The molecule has 0 aliphatic heterocycles. The van der Waals surface area contributed by atoms with Crippen molar-refractivity contribution < 1.29 is 13.9 Å². The second-order valence-corrected chi connectivity index (χ2v) is 2.90. The largest absolute Gasteiger partial charge is 0.496 e. The van der Waals surface area contributed by atoms with E-state index >= 15 is 0 Å². The monoisotopic (exact) mass is 203 g/mol. The average Bonchev–Trinajstić information content (AvgIpc) is 2.77. The first-order valence-electron chi connectivity index (χ1n) is 4.38. The number of carbonyl (C=O) groups excluding carboxylic acids is 1. The lowest BCUT2D eigenvalue weighted by Gasteiger charge is -2.03. The minimum absolute atomic E-state index is 0.288. The zero-order valence-electron chi connectivity index (χ0n) is 8.14. The van der Waals surface area contributed by atoms with Crippen LogP contribution in [0, 0.1) is 0 Å². The van der Waals surface area contributed by atoms with Gasteiger partial charge in [-0.15, -0.1) is 0 Å². The number of nitrogens with zero attached hydrogens (tertiary/aromatic N) is 1. The van der Waals surface area contributed by atoms with Gasteiger partial charge in [-0.05, 0) is 18.2 Å². The standard InChI is InChI=1S/C11H9NO3/c1-14-10-4-5-12-6-9(10)11-3-2-8(7-13)15-11/h2-7H,1H3. The predicted molar refractivity (Wildman–Crippen MR) is 53.9 cm³/mol. The molecule has 15 heavy (non-hydrogen) atoms. The van der Waals surface area contributed by atoms with Crippen molar-refractivity contribution in [1.29, 1.82) is 0 Å². The Morgan fingerprint density at radius 1 is 1.40 bits per heavy atom. The molecule has 2 heterocycles. The van der Waals surface area contributed by atoms with Crippen LogP contribution in [0.1, 0.15) is 10.6 Å². The van der Waals surface area contributed by atoms with Crippen molar-refractivity contribution in [3.05, 3.63) is 36.4 Å². The molecule has 2 rings (SSSR count). The lowest BCUT2D eigenvalue weighted by atomic mass is 10.2. The van der Waals surface area contributed by atoms with Crippen molar-refractivity contribution in [3.63, 3.8) is 0 Å². The Balaban J connectivity index is 2.48. The molecule has 0 spiro atoms. The summed E-state index contributed by atoms with van der Waals surface area (Å²) < 4.78 is 10.4. The summed E-state index contributed by atoms with van der Waals surface area (Å²) in [6, 6.07) is 5.05. The SMILES string of the molecule is COc1ccncc1-c1ccc(C=O)o1. The minimum atomic E-state index is 0.288. The molecule has 0 aliphatic rings. The fourth-order valence-electron chi connectivity index (χ4n) is 1.31. The molecule has 0 unspecified atom stereocenters. The number of rotatable bonds is 3. The molecule has 0 saturated heterocycles. The summed E-state index contributed by atoms with van der Waals surface area (Å²) in [4.78, 5) is 14.4. The highest BCUT2D eigenvalue weighted by Gasteiger charge is 2.09. The molecule has 0 radical (unpaired) electrons. The van der Waals surface area contributed by atoms with E-state index in [-0.39, 0.29) is 5.76 Å². The van der Waals surface area contributed by atoms with Crippen LogP contribution in [0.2, 0.25) is 0 Å². The van der Waals surface area contributed by atoms with Gasteiger partial charge in [0.25, 0.3) is 0 Å². The van der Waals surface area contributed by atoms with Gasteiger partial charge < -0.3 is 9.15 Å². The summed E-state index contributed by atoms with van der Waals surface area (Å²) in [6.45, 7) is 0. The number of methoxy groups -OCH3 is 1. The molecule has 2 aromatic rings. The van der Waals surface area contributed by atoms with Crippen LogP contribution in [0.4, 0.5) is 0 Å². The molecule has 76 valence electrons.